The second-order valence-electron chi connectivity index (χ2n) is 9.72. The molecule has 6 nitrogen and oxygen atoms in total. The zero-order valence-corrected chi connectivity index (χ0v) is 23.4. The lowest BCUT2D eigenvalue weighted by molar-refractivity contribution is -0.144. The fourth-order valence-electron chi connectivity index (χ4n) is 4.56. The Labute approximate surface area is 230 Å². The topological polar surface area (TPSA) is 76.7 Å². The maximum absolute atomic E-state index is 16.3. The Morgan fingerprint density at radius 3 is 2.30 bits per heavy atom. The number of nitrogens with one attached hydrogen (secondary N) is 2. The first kappa shape index (κ1) is 32.6. The molecular formula is C29H35F5N2O4. The molecule has 0 bridgehead atoms. The highest BCUT2D eigenvalue weighted by molar-refractivity contribution is 5.83. The number of hydrogen-bond donors (Lipinski definition) is 2. The number of benzene rings is 2. The average Bonchev–Trinajstić information content (AvgIpc) is 2.84. The van der Waals surface area contributed by atoms with Gasteiger partial charge in [-0.25, -0.2) is 8.78 Å². The molecular weight excluding hydrogens is 535 g/mol. The summed E-state index contributed by atoms with van der Waals surface area (Å²) in [7, 11) is 1.35. The van der Waals surface area contributed by atoms with Crippen LogP contribution in [0.1, 0.15) is 61.9 Å². The van der Waals surface area contributed by atoms with Crippen molar-refractivity contribution < 1.29 is 41.0 Å². The van der Waals surface area contributed by atoms with Gasteiger partial charge < -0.3 is 20.1 Å². The third-order valence-corrected chi connectivity index (χ3v) is 6.34. The van der Waals surface area contributed by atoms with Crippen LogP contribution in [0.15, 0.2) is 31.0 Å². The van der Waals surface area contributed by atoms with Crippen LogP contribution in [0.3, 0.4) is 0 Å². The summed E-state index contributed by atoms with van der Waals surface area (Å²) in [5.41, 5.74) is -2.60. The van der Waals surface area contributed by atoms with Gasteiger partial charge in [0.1, 0.15) is 23.4 Å². The third kappa shape index (κ3) is 7.51. The first-order valence-electron chi connectivity index (χ1n) is 12.7. The molecule has 40 heavy (non-hydrogen) atoms. The Hall–Kier alpha value is -3.63. The van der Waals surface area contributed by atoms with Crippen molar-refractivity contribution in [2.45, 2.75) is 65.7 Å². The minimum Gasteiger partial charge on any atom is -0.496 e. The second kappa shape index (κ2) is 13.6. The number of esters is 1. The van der Waals surface area contributed by atoms with E-state index < -0.39 is 64.9 Å². The van der Waals surface area contributed by atoms with Crippen LogP contribution in [0.2, 0.25) is 0 Å². The molecule has 11 heteroatoms. The van der Waals surface area contributed by atoms with Gasteiger partial charge in [-0.1, -0.05) is 26.5 Å². The third-order valence-electron chi connectivity index (χ3n) is 6.34. The van der Waals surface area contributed by atoms with E-state index in [1.54, 1.807) is 13.0 Å². The summed E-state index contributed by atoms with van der Waals surface area (Å²) in [6.45, 7) is 11.7. The highest BCUT2D eigenvalue weighted by atomic mass is 19.4. The lowest BCUT2D eigenvalue weighted by Crippen LogP contribution is -2.45. The van der Waals surface area contributed by atoms with Gasteiger partial charge in [0.2, 0.25) is 5.91 Å². The average molecular weight is 571 g/mol. The van der Waals surface area contributed by atoms with Crippen LogP contribution in [-0.4, -0.2) is 31.6 Å². The summed E-state index contributed by atoms with van der Waals surface area (Å²) < 4.78 is 84.4. The van der Waals surface area contributed by atoms with E-state index in [4.69, 9.17) is 9.47 Å². The van der Waals surface area contributed by atoms with Crippen LogP contribution in [-0.2, 0) is 20.5 Å². The van der Waals surface area contributed by atoms with E-state index >= 15 is 8.78 Å². The molecule has 2 aromatic rings. The molecule has 0 aromatic heterocycles. The molecule has 2 aromatic carbocycles. The van der Waals surface area contributed by atoms with Crippen LogP contribution in [0, 0.1) is 31.4 Å². The van der Waals surface area contributed by atoms with Gasteiger partial charge in [0.05, 0.1) is 31.7 Å². The molecule has 1 amide bonds. The van der Waals surface area contributed by atoms with Gasteiger partial charge in [-0.15, -0.1) is 0 Å². The summed E-state index contributed by atoms with van der Waals surface area (Å²) in [6, 6.07) is 0.757. The molecule has 0 radical (unpaired) electrons. The summed E-state index contributed by atoms with van der Waals surface area (Å²) in [4.78, 5) is 25.6. The van der Waals surface area contributed by atoms with Crippen LogP contribution in [0.25, 0.3) is 11.1 Å². The predicted octanol–water partition coefficient (Wildman–Crippen LogP) is 6.53. The van der Waals surface area contributed by atoms with Gasteiger partial charge in [0, 0.05) is 11.1 Å². The molecule has 2 N–H and O–H groups in total. The second-order valence-corrected chi connectivity index (χ2v) is 9.72. The van der Waals surface area contributed by atoms with E-state index in [0.717, 1.165) is 0 Å². The standard InChI is InChI=1S/C29H35F5N2O4/c1-8-35-21(12-15(3)4)28(38)36-20(14-23(37)40-9-2)25-26(30)18(13-19(27(25)31)29(32,33)34)24-16(5)10-11-22(39-7)17(24)6/h8,10-11,13,15,20-21,35H,1,9,12,14H2,2-7H3,(H,36,38)/t20-,21?/m0/s1. The van der Waals surface area contributed by atoms with Crippen LogP contribution in [0.4, 0.5) is 22.0 Å². The number of aryl methyl sites for hydroxylation is 1. The molecule has 0 heterocycles. The Morgan fingerprint density at radius 1 is 1.12 bits per heavy atom. The fourth-order valence-corrected chi connectivity index (χ4v) is 4.56. The summed E-state index contributed by atoms with van der Waals surface area (Å²) in [5.74, 6) is -4.75. The largest absolute Gasteiger partial charge is 0.496 e. The summed E-state index contributed by atoms with van der Waals surface area (Å²) in [6.07, 6.45) is -4.51. The van der Waals surface area contributed by atoms with E-state index in [0.29, 0.717) is 17.2 Å². The molecule has 1 unspecified atom stereocenters. The molecule has 0 saturated carbocycles. The Balaban J connectivity index is 2.88. The molecule has 220 valence electrons. The number of halogens is 5. The lowest BCUT2D eigenvalue weighted by atomic mass is 9.88. The van der Waals surface area contributed by atoms with Crippen molar-refractivity contribution in [1.82, 2.24) is 10.6 Å². The first-order chi connectivity index (χ1) is 18.7. The van der Waals surface area contributed by atoms with Crippen molar-refractivity contribution in [3.63, 3.8) is 0 Å². The van der Waals surface area contributed by atoms with Crippen molar-refractivity contribution in [3.8, 4) is 16.9 Å². The highest BCUT2D eigenvalue weighted by Crippen LogP contribution is 2.43. The normalized spacial score (nSPS) is 13.0. The van der Waals surface area contributed by atoms with Gasteiger partial charge in [-0.3, -0.25) is 9.59 Å². The number of methoxy groups -OCH3 is 1. The molecule has 0 aliphatic carbocycles. The number of rotatable bonds is 12. The van der Waals surface area contributed by atoms with E-state index in [2.05, 4.69) is 17.2 Å². The lowest BCUT2D eigenvalue weighted by Gasteiger charge is -2.26. The van der Waals surface area contributed by atoms with Gasteiger partial charge in [0.15, 0.2) is 0 Å². The van der Waals surface area contributed by atoms with Crippen molar-refractivity contribution in [1.29, 1.82) is 0 Å². The van der Waals surface area contributed by atoms with Crippen LogP contribution >= 0.6 is 0 Å². The Kier molecular flexibility index (Phi) is 11.1. The SMILES string of the molecule is C=CNC(CC(C)C)C(=O)N[C@@H](CC(=O)OCC)c1c(F)c(-c2c(C)ccc(OC)c2C)cc(C(F)(F)F)c1F. The van der Waals surface area contributed by atoms with Gasteiger partial charge >= 0.3 is 12.1 Å². The highest BCUT2D eigenvalue weighted by Gasteiger charge is 2.40. The first-order valence-corrected chi connectivity index (χ1v) is 12.7. The quantitative estimate of drug-likeness (QED) is 0.224. The summed E-state index contributed by atoms with van der Waals surface area (Å²) in [5, 5.41) is 5.11. The van der Waals surface area contributed by atoms with Gasteiger partial charge in [-0.2, -0.15) is 13.2 Å². The molecule has 0 aliphatic heterocycles. The maximum Gasteiger partial charge on any atom is 0.419 e. The monoisotopic (exact) mass is 570 g/mol. The van der Waals surface area contributed by atoms with Gasteiger partial charge in [-0.05, 0) is 68.1 Å². The van der Waals surface area contributed by atoms with Crippen molar-refractivity contribution in [2.75, 3.05) is 13.7 Å². The molecule has 0 saturated heterocycles. The molecule has 2 atom stereocenters. The Morgan fingerprint density at radius 2 is 1.77 bits per heavy atom. The van der Waals surface area contributed by atoms with E-state index in [1.807, 2.05) is 13.8 Å². The smallest absolute Gasteiger partial charge is 0.419 e. The number of alkyl halides is 3. The van der Waals surface area contributed by atoms with E-state index in [9.17, 15) is 22.8 Å². The number of hydrogen-bond acceptors (Lipinski definition) is 5. The molecule has 0 fully saturated rings. The van der Waals surface area contributed by atoms with Crippen LogP contribution in [0.5, 0.6) is 5.75 Å². The zero-order chi connectivity index (χ0) is 30.4. The minimum atomic E-state index is -5.22. The number of carbonyl (C=O) groups excluding carboxylic acids is 2. The number of ether oxygens (including phenoxy) is 2. The zero-order valence-electron chi connectivity index (χ0n) is 23.4. The van der Waals surface area contributed by atoms with E-state index in [-0.39, 0.29) is 30.3 Å². The number of carbonyl (C=O) groups is 2. The fraction of sp³-hybridized carbons (Fsp3) is 0.448. The maximum atomic E-state index is 16.3. The van der Waals surface area contributed by atoms with E-state index in [1.165, 1.54) is 33.2 Å². The van der Waals surface area contributed by atoms with Gasteiger partial charge in [0.25, 0.3) is 0 Å². The minimum absolute atomic E-state index is 0.000602. The molecule has 2 rings (SSSR count). The van der Waals surface area contributed by atoms with Crippen molar-refractivity contribution in [3.05, 3.63) is 64.9 Å². The summed E-state index contributed by atoms with van der Waals surface area (Å²) >= 11 is 0. The van der Waals surface area contributed by atoms with Crippen LogP contribution < -0.4 is 15.4 Å². The van der Waals surface area contributed by atoms with Crippen molar-refractivity contribution in [2.24, 2.45) is 5.92 Å². The van der Waals surface area contributed by atoms with Crippen molar-refractivity contribution >= 4 is 11.9 Å². The Bertz CT molecular complexity index is 1240. The number of amides is 1. The predicted molar refractivity (Wildman–Crippen MR) is 142 cm³/mol. The molecule has 0 aliphatic rings. The molecule has 0 spiro atoms.